The Balaban J connectivity index is 1.43. The van der Waals surface area contributed by atoms with E-state index in [9.17, 15) is 19.2 Å². The van der Waals surface area contributed by atoms with Crippen molar-refractivity contribution in [2.45, 2.75) is 25.7 Å². The van der Waals surface area contributed by atoms with E-state index in [1.807, 2.05) is 25.1 Å². The van der Waals surface area contributed by atoms with Crippen molar-refractivity contribution in [2.75, 3.05) is 18.1 Å². The first kappa shape index (κ1) is 26.9. The molecule has 2 aromatic rings. The molecule has 40 heavy (non-hydrogen) atoms. The highest BCUT2D eigenvalue weighted by Gasteiger charge is 2.56. The molecule has 204 valence electrons. The quantitative estimate of drug-likeness (QED) is 0.287. The maximum Gasteiger partial charge on any atom is 0.238 e. The van der Waals surface area contributed by atoms with Gasteiger partial charge in [-0.25, -0.2) is 4.90 Å². The Labute approximate surface area is 244 Å². The molecule has 9 heteroatoms. The molecular weight excluding hydrogens is 598 g/mol. The first-order chi connectivity index (χ1) is 19.2. The Hall–Kier alpha value is -3.33. The molecule has 0 aromatic heterocycles. The highest BCUT2D eigenvalue weighted by Crippen LogP contribution is 2.55. The fourth-order valence-corrected chi connectivity index (χ4v) is 7.10. The Kier molecular flexibility index (Phi) is 6.89. The van der Waals surface area contributed by atoms with Crippen LogP contribution in [0.15, 0.2) is 75.8 Å². The lowest BCUT2D eigenvalue weighted by molar-refractivity contribution is -0.123. The van der Waals surface area contributed by atoms with E-state index in [0.717, 1.165) is 16.7 Å². The SMILES string of the molecule is Cc1ccc(N2C(=O)[C@H]3[C@H](CC=C4[C@H](c5ccc(OCCO)cc5)C5=C(C[C@H]43)C(=O)C(Br)=CC5=O)C2=O)cc1Cl. The van der Waals surface area contributed by atoms with Gasteiger partial charge in [0.05, 0.1) is 28.6 Å². The number of anilines is 1. The number of hydrogen-bond donors (Lipinski definition) is 1. The Morgan fingerprint density at radius 2 is 1.80 bits per heavy atom. The lowest BCUT2D eigenvalue weighted by atomic mass is 9.59. The minimum Gasteiger partial charge on any atom is -0.491 e. The molecule has 4 aliphatic rings. The van der Waals surface area contributed by atoms with Gasteiger partial charge in [-0.15, -0.1) is 0 Å². The van der Waals surface area contributed by atoms with Crippen LogP contribution >= 0.6 is 27.5 Å². The number of carbonyl (C=O) groups is 4. The van der Waals surface area contributed by atoms with Gasteiger partial charge < -0.3 is 9.84 Å². The summed E-state index contributed by atoms with van der Waals surface area (Å²) < 4.78 is 5.69. The standard InChI is InChI=1S/C31H25BrClNO6/c1-15-2-5-17(12-24(15)33)34-30(38)20-9-8-19-21(27(20)31(34)39)13-22-28(25(36)14-23(32)29(22)37)26(19)16-3-6-18(7-4-16)40-11-10-35/h2-8,12,14,20-21,26-27,35H,9-11,13H2,1H3/t20-,21+,26-,27-/m0/s1. The maximum absolute atomic E-state index is 14.0. The summed E-state index contributed by atoms with van der Waals surface area (Å²) >= 11 is 9.58. The summed E-state index contributed by atoms with van der Waals surface area (Å²) in [7, 11) is 0. The molecule has 3 aliphatic carbocycles. The lowest BCUT2D eigenvalue weighted by Crippen LogP contribution is -2.39. The summed E-state index contributed by atoms with van der Waals surface area (Å²) in [5.74, 6) is -2.75. The molecule has 1 N–H and O–H groups in total. The molecule has 1 saturated heterocycles. The van der Waals surface area contributed by atoms with Crippen LogP contribution in [0.5, 0.6) is 5.75 Å². The number of Topliss-reactive ketones (excluding diaryl/α,β-unsaturated/α-hetero) is 1. The molecule has 7 nitrogen and oxygen atoms in total. The molecule has 0 saturated carbocycles. The first-order valence-corrected chi connectivity index (χ1v) is 14.2. The Bertz CT molecular complexity index is 1570. The monoisotopic (exact) mass is 621 g/mol. The molecule has 0 radical (unpaired) electrons. The second-order valence-corrected chi connectivity index (χ2v) is 11.7. The summed E-state index contributed by atoms with van der Waals surface area (Å²) in [5.41, 5.74) is 3.72. The van der Waals surface area contributed by atoms with Gasteiger partial charge in [0.2, 0.25) is 11.8 Å². The van der Waals surface area contributed by atoms with Gasteiger partial charge >= 0.3 is 0 Å². The third kappa shape index (κ3) is 4.21. The number of fused-ring (bicyclic) bond motifs is 3. The Morgan fingerprint density at radius 3 is 2.50 bits per heavy atom. The number of ketones is 2. The average Bonchev–Trinajstić information content (AvgIpc) is 3.21. The fraction of sp³-hybridized carbons (Fsp3) is 0.290. The van der Waals surface area contributed by atoms with E-state index in [2.05, 4.69) is 15.9 Å². The number of ether oxygens (including phenoxy) is 1. The van der Waals surface area contributed by atoms with Crippen molar-refractivity contribution < 1.29 is 29.0 Å². The van der Waals surface area contributed by atoms with Crippen LogP contribution in [0, 0.1) is 24.7 Å². The topological polar surface area (TPSA) is 101 Å². The van der Waals surface area contributed by atoms with Crippen molar-refractivity contribution in [3.8, 4) is 5.75 Å². The highest BCUT2D eigenvalue weighted by atomic mass is 79.9. The van der Waals surface area contributed by atoms with Crippen LogP contribution in [0.1, 0.15) is 29.9 Å². The van der Waals surface area contributed by atoms with E-state index in [1.165, 1.54) is 11.0 Å². The summed E-state index contributed by atoms with van der Waals surface area (Å²) in [5, 5.41) is 9.54. The average molecular weight is 623 g/mol. The number of amides is 2. The van der Waals surface area contributed by atoms with E-state index in [4.69, 9.17) is 21.4 Å². The summed E-state index contributed by atoms with van der Waals surface area (Å²) in [6.45, 7) is 1.89. The predicted molar refractivity (Wildman–Crippen MR) is 152 cm³/mol. The smallest absolute Gasteiger partial charge is 0.238 e. The van der Waals surface area contributed by atoms with Gasteiger partial charge in [-0.1, -0.05) is 41.4 Å². The predicted octanol–water partition coefficient (Wildman–Crippen LogP) is 4.99. The van der Waals surface area contributed by atoms with Gasteiger partial charge in [-0.3, -0.25) is 19.2 Å². The van der Waals surface area contributed by atoms with Gasteiger partial charge in [-0.2, -0.15) is 0 Å². The van der Waals surface area contributed by atoms with E-state index < -0.39 is 23.7 Å². The first-order valence-electron chi connectivity index (χ1n) is 13.1. The van der Waals surface area contributed by atoms with Crippen LogP contribution in [0.4, 0.5) is 5.69 Å². The van der Waals surface area contributed by atoms with Gasteiger partial charge in [0.15, 0.2) is 11.6 Å². The zero-order chi connectivity index (χ0) is 28.3. The molecule has 0 bridgehead atoms. The van der Waals surface area contributed by atoms with Crippen molar-refractivity contribution in [2.24, 2.45) is 17.8 Å². The zero-order valence-electron chi connectivity index (χ0n) is 21.5. The van der Waals surface area contributed by atoms with Crippen molar-refractivity contribution in [3.63, 3.8) is 0 Å². The molecule has 2 aromatic carbocycles. The highest BCUT2D eigenvalue weighted by molar-refractivity contribution is 9.12. The summed E-state index contributed by atoms with van der Waals surface area (Å²) in [6, 6.07) is 12.3. The third-order valence-corrected chi connectivity index (χ3v) is 9.31. The number of hydrogen-bond acceptors (Lipinski definition) is 6. The molecule has 4 atom stereocenters. The van der Waals surface area contributed by atoms with Crippen LogP contribution in [0.3, 0.4) is 0 Å². The number of aryl methyl sites for hydroxylation is 1. The number of allylic oxidation sites excluding steroid dienone is 6. The van der Waals surface area contributed by atoms with Crippen LogP contribution in [-0.4, -0.2) is 41.7 Å². The van der Waals surface area contributed by atoms with Gasteiger partial charge in [0.1, 0.15) is 12.4 Å². The van der Waals surface area contributed by atoms with E-state index >= 15 is 0 Å². The molecule has 0 spiro atoms. The van der Waals surface area contributed by atoms with Crippen LogP contribution in [0.25, 0.3) is 0 Å². The molecule has 2 amide bonds. The molecule has 1 fully saturated rings. The van der Waals surface area contributed by atoms with Crippen LogP contribution in [0.2, 0.25) is 5.02 Å². The number of halogens is 2. The van der Waals surface area contributed by atoms with E-state index in [-0.39, 0.29) is 47.5 Å². The van der Waals surface area contributed by atoms with Crippen LogP contribution in [-0.2, 0) is 19.2 Å². The molecule has 0 unspecified atom stereocenters. The molecule has 1 aliphatic heterocycles. The number of aliphatic hydroxyl groups is 1. The minimum atomic E-state index is -0.663. The van der Waals surface area contributed by atoms with Crippen molar-refractivity contribution in [1.82, 2.24) is 0 Å². The Morgan fingerprint density at radius 1 is 1.05 bits per heavy atom. The number of rotatable bonds is 5. The summed E-state index contributed by atoms with van der Waals surface area (Å²) in [4.78, 5) is 55.5. The van der Waals surface area contributed by atoms with Crippen molar-refractivity contribution in [1.29, 1.82) is 0 Å². The van der Waals surface area contributed by atoms with Gasteiger partial charge in [0.25, 0.3) is 0 Å². The normalized spacial score (nSPS) is 25.9. The molecular formula is C31H25BrClNO6. The molecule has 6 rings (SSSR count). The number of benzene rings is 2. The van der Waals surface area contributed by atoms with Crippen LogP contribution < -0.4 is 9.64 Å². The van der Waals surface area contributed by atoms with Gasteiger partial charge in [-0.05, 0) is 77.0 Å². The van der Waals surface area contributed by atoms with E-state index in [1.54, 1.807) is 30.3 Å². The maximum atomic E-state index is 14.0. The largest absolute Gasteiger partial charge is 0.491 e. The second-order valence-electron chi connectivity index (χ2n) is 10.5. The van der Waals surface area contributed by atoms with Crippen molar-refractivity contribution in [3.05, 3.63) is 92.0 Å². The minimum absolute atomic E-state index is 0.117. The van der Waals surface area contributed by atoms with Crippen molar-refractivity contribution >= 4 is 56.6 Å². The third-order valence-electron chi connectivity index (χ3n) is 8.32. The number of aliphatic hydroxyl groups excluding tert-OH is 1. The number of nitrogens with zero attached hydrogens (tertiary/aromatic N) is 1. The second kappa shape index (κ2) is 10.3. The van der Waals surface area contributed by atoms with Gasteiger partial charge in [0, 0.05) is 28.2 Å². The summed E-state index contributed by atoms with van der Waals surface area (Å²) in [6.07, 6.45) is 3.85. The molecule has 1 heterocycles. The zero-order valence-corrected chi connectivity index (χ0v) is 23.9. The number of imide groups is 1. The number of carbonyl (C=O) groups excluding carboxylic acids is 4. The van der Waals surface area contributed by atoms with E-state index in [0.29, 0.717) is 34.0 Å². The fourth-order valence-electron chi connectivity index (χ4n) is 6.48. The lowest BCUT2D eigenvalue weighted by Gasteiger charge is -2.42.